The summed E-state index contributed by atoms with van der Waals surface area (Å²) >= 11 is 0. The molecule has 2 aromatic rings. The molecule has 24 heavy (non-hydrogen) atoms. The summed E-state index contributed by atoms with van der Waals surface area (Å²) < 4.78 is 10.5. The first-order valence-electron chi connectivity index (χ1n) is 7.57. The summed E-state index contributed by atoms with van der Waals surface area (Å²) in [6.07, 6.45) is 4.63. The van der Waals surface area contributed by atoms with Gasteiger partial charge in [-0.05, 0) is 48.2 Å². The Bertz CT molecular complexity index is 763. The molecule has 2 N–H and O–H groups in total. The summed E-state index contributed by atoms with van der Waals surface area (Å²) in [6.45, 7) is 7.45. The number of hydrogen-bond donors (Lipinski definition) is 2. The Kier molecular flexibility index (Phi) is 5.53. The summed E-state index contributed by atoms with van der Waals surface area (Å²) in [6, 6.07) is 7.16. The maximum atomic E-state index is 10.5. The first-order valence-corrected chi connectivity index (χ1v) is 7.57. The first-order chi connectivity index (χ1) is 11.5. The molecule has 0 bridgehead atoms. The lowest BCUT2D eigenvalue weighted by atomic mass is 9.96. The highest BCUT2D eigenvalue weighted by molar-refractivity contribution is 5.77. The van der Waals surface area contributed by atoms with Crippen LogP contribution in [0, 0.1) is 0 Å². The topological polar surface area (TPSA) is 58.9 Å². The van der Waals surface area contributed by atoms with E-state index in [0.717, 1.165) is 11.1 Å². The van der Waals surface area contributed by atoms with E-state index in [9.17, 15) is 10.2 Å². The van der Waals surface area contributed by atoms with E-state index in [0.29, 0.717) is 35.5 Å². The SMILES string of the molecule is C=CCc1cc(OC)c(O)c(-c2cc(CC=C)c(O)c(OC)c2)c1. The van der Waals surface area contributed by atoms with Crippen molar-refractivity contribution in [2.45, 2.75) is 12.8 Å². The highest BCUT2D eigenvalue weighted by Gasteiger charge is 2.16. The second-order valence-corrected chi connectivity index (χ2v) is 5.37. The van der Waals surface area contributed by atoms with E-state index in [1.54, 1.807) is 24.3 Å². The van der Waals surface area contributed by atoms with Gasteiger partial charge in [-0.25, -0.2) is 0 Å². The monoisotopic (exact) mass is 326 g/mol. The Morgan fingerprint density at radius 2 is 1.50 bits per heavy atom. The minimum Gasteiger partial charge on any atom is -0.504 e. The van der Waals surface area contributed by atoms with Gasteiger partial charge in [0.25, 0.3) is 0 Å². The van der Waals surface area contributed by atoms with Gasteiger partial charge >= 0.3 is 0 Å². The van der Waals surface area contributed by atoms with Crippen molar-refractivity contribution in [3.8, 4) is 34.1 Å². The van der Waals surface area contributed by atoms with Gasteiger partial charge in [0, 0.05) is 11.1 Å². The molecule has 0 fully saturated rings. The third-order valence-corrected chi connectivity index (χ3v) is 3.78. The standard InChI is InChI=1S/C20H22O4/c1-5-7-13-9-16(20(22)17(10-13)23-3)15-11-14(8-6-2)19(21)18(12-15)24-4/h5-6,9-12,21-22H,1-2,7-8H2,3-4H3. The molecule has 126 valence electrons. The van der Waals surface area contributed by atoms with Crippen molar-refractivity contribution in [3.63, 3.8) is 0 Å². The molecule has 0 saturated carbocycles. The predicted molar refractivity (Wildman–Crippen MR) is 96.1 cm³/mol. The van der Waals surface area contributed by atoms with Gasteiger partial charge in [-0.15, -0.1) is 13.2 Å². The third-order valence-electron chi connectivity index (χ3n) is 3.78. The summed E-state index contributed by atoms with van der Waals surface area (Å²) in [4.78, 5) is 0. The Morgan fingerprint density at radius 3 is 2.08 bits per heavy atom. The molecular formula is C20H22O4. The van der Waals surface area contributed by atoms with Gasteiger partial charge in [-0.1, -0.05) is 12.2 Å². The molecule has 0 unspecified atom stereocenters. The number of phenols is 2. The molecule has 0 aliphatic heterocycles. The van der Waals surface area contributed by atoms with Crippen molar-refractivity contribution in [2.75, 3.05) is 14.2 Å². The first kappa shape index (κ1) is 17.5. The van der Waals surface area contributed by atoms with Crippen LogP contribution in [0.25, 0.3) is 11.1 Å². The highest BCUT2D eigenvalue weighted by Crippen LogP contribution is 2.42. The number of ether oxygens (including phenoxy) is 2. The molecule has 0 spiro atoms. The Morgan fingerprint density at radius 1 is 0.875 bits per heavy atom. The molecule has 0 aromatic heterocycles. The number of benzene rings is 2. The molecule has 0 radical (unpaired) electrons. The zero-order valence-electron chi connectivity index (χ0n) is 14.0. The number of methoxy groups -OCH3 is 2. The van der Waals surface area contributed by atoms with Crippen molar-refractivity contribution >= 4 is 0 Å². The average Bonchev–Trinajstić information content (AvgIpc) is 2.58. The molecule has 4 nitrogen and oxygen atoms in total. The molecule has 4 heteroatoms. The number of rotatable bonds is 7. The van der Waals surface area contributed by atoms with Crippen LogP contribution >= 0.6 is 0 Å². The number of aromatic hydroxyl groups is 2. The smallest absolute Gasteiger partial charge is 0.165 e. The average molecular weight is 326 g/mol. The maximum Gasteiger partial charge on any atom is 0.165 e. The lowest BCUT2D eigenvalue weighted by Gasteiger charge is -2.15. The molecule has 0 atom stereocenters. The minimum atomic E-state index is 0.0441. The molecule has 0 amide bonds. The van der Waals surface area contributed by atoms with Crippen molar-refractivity contribution in [1.29, 1.82) is 0 Å². The van der Waals surface area contributed by atoms with Gasteiger partial charge in [0.05, 0.1) is 14.2 Å². The van der Waals surface area contributed by atoms with E-state index in [1.807, 2.05) is 12.1 Å². The van der Waals surface area contributed by atoms with Crippen LogP contribution in [-0.4, -0.2) is 24.4 Å². The zero-order chi connectivity index (χ0) is 17.7. The predicted octanol–water partition coefficient (Wildman–Crippen LogP) is 4.24. The quantitative estimate of drug-likeness (QED) is 0.747. The molecule has 0 aliphatic carbocycles. The molecule has 2 rings (SSSR count). The number of hydrogen-bond acceptors (Lipinski definition) is 4. The van der Waals surface area contributed by atoms with Gasteiger partial charge in [0.15, 0.2) is 23.0 Å². The summed E-state index contributed by atoms with van der Waals surface area (Å²) in [5, 5.41) is 20.7. The second-order valence-electron chi connectivity index (χ2n) is 5.37. The molecule has 2 aromatic carbocycles. The summed E-state index contributed by atoms with van der Waals surface area (Å²) in [5.41, 5.74) is 2.97. The lowest BCUT2D eigenvalue weighted by Crippen LogP contribution is -1.94. The number of allylic oxidation sites excluding steroid dienone is 2. The fourth-order valence-electron chi connectivity index (χ4n) is 2.61. The lowest BCUT2D eigenvalue weighted by molar-refractivity contribution is 0.370. The molecule has 0 heterocycles. The van der Waals surface area contributed by atoms with Crippen LogP contribution in [0.4, 0.5) is 0 Å². The van der Waals surface area contributed by atoms with E-state index in [4.69, 9.17) is 9.47 Å². The van der Waals surface area contributed by atoms with Gasteiger partial charge in [0.1, 0.15) is 0 Å². The van der Waals surface area contributed by atoms with Crippen LogP contribution in [-0.2, 0) is 12.8 Å². The van der Waals surface area contributed by atoms with Crippen LogP contribution < -0.4 is 9.47 Å². The van der Waals surface area contributed by atoms with E-state index < -0.39 is 0 Å². The van der Waals surface area contributed by atoms with Crippen molar-refractivity contribution < 1.29 is 19.7 Å². The third kappa shape index (κ3) is 3.38. The molecule has 0 aliphatic rings. The Labute approximate surface area is 142 Å². The maximum absolute atomic E-state index is 10.5. The summed E-state index contributed by atoms with van der Waals surface area (Å²) in [5.74, 6) is 0.857. The Hall–Kier alpha value is -2.88. The van der Waals surface area contributed by atoms with Crippen molar-refractivity contribution in [2.24, 2.45) is 0 Å². The van der Waals surface area contributed by atoms with E-state index >= 15 is 0 Å². The normalized spacial score (nSPS) is 10.2. The van der Waals surface area contributed by atoms with Gasteiger partial charge in [-0.2, -0.15) is 0 Å². The molecule has 0 saturated heterocycles. The van der Waals surface area contributed by atoms with Crippen LogP contribution in [0.1, 0.15) is 11.1 Å². The van der Waals surface area contributed by atoms with Gasteiger partial charge in [0.2, 0.25) is 0 Å². The van der Waals surface area contributed by atoms with Gasteiger partial charge in [-0.3, -0.25) is 0 Å². The fraction of sp³-hybridized carbons (Fsp3) is 0.200. The Balaban J connectivity index is 2.70. The molecular weight excluding hydrogens is 304 g/mol. The van der Waals surface area contributed by atoms with Crippen LogP contribution in [0.3, 0.4) is 0 Å². The van der Waals surface area contributed by atoms with Gasteiger partial charge < -0.3 is 19.7 Å². The highest BCUT2D eigenvalue weighted by atomic mass is 16.5. The fourth-order valence-corrected chi connectivity index (χ4v) is 2.61. The largest absolute Gasteiger partial charge is 0.504 e. The zero-order valence-corrected chi connectivity index (χ0v) is 14.0. The van der Waals surface area contributed by atoms with Crippen LogP contribution in [0.5, 0.6) is 23.0 Å². The number of phenolic OH excluding ortho intramolecular Hbond substituents is 2. The minimum absolute atomic E-state index is 0.0441. The van der Waals surface area contributed by atoms with Crippen molar-refractivity contribution in [1.82, 2.24) is 0 Å². The van der Waals surface area contributed by atoms with E-state index in [-0.39, 0.29) is 11.5 Å². The van der Waals surface area contributed by atoms with E-state index in [2.05, 4.69) is 13.2 Å². The second kappa shape index (κ2) is 7.59. The summed E-state index contributed by atoms with van der Waals surface area (Å²) in [7, 11) is 3.00. The van der Waals surface area contributed by atoms with Crippen molar-refractivity contribution in [3.05, 3.63) is 60.7 Å². The van der Waals surface area contributed by atoms with Crippen LogP contribution in [0.15, 0.2) is 49.6 Å². The van der Waals surface area contributed by atoms with Crippen LogP contribution in [0.2, 0.25) is 0 Å². The van der Waals surface area contributed by atoms with E-state index in [1.165, 1.54) is 14.2 Å².